The lowest BCUT2D eigenvalue weighted by Gasteiger charge is -2.08. The number of amides is 1. The first-order valence-electron chi connectivity index (χ1n) is 6.18. The SMILES string of the molecule is O=C(CS[C@H]1CCS(=O)(=O)C1)NCc1ccccc1. The summed E-state index contributed by atoms with van der Waals surface area (Å²) in [6.45, 7) is 0.517. The van der Waals surface area contributed by atoms with Crippen LogP contribution >= 0.6 is 11.8 Å². The van der Waals surface area contributed by atoms with Crippen molar-refractivity contribution in [3.63, 3.8) is 0 Å². The largest absolute Gasteiger partial charge is 0.351 e. The van der Waals surface area contributed by atoms with Crippen LogP contribution in [-0.2, 0) is 21.2 Å². The molecule has 0 spiro atoms. The number of hydrogen-bond acceptors (Lipinski definition) is 4. The minimum Gasteiger partial charge on any atom is -0.351 e. The summed E-state index contributed by atoms with van der Waals surface area (Å²) in [5.41, 5.74) is 1.06. The van der Waals surface area contributed by atoms with Gasteiger partial charge in [0.15, 0.2) is 9.84 Å². The first-order valence-corrected chi connectivity index (χ1v) is 9.05. The van der Waals surface area contributed by atoms with Crippen molar-refractivity contribution >= 4 is 27.5 Å². The Morgan fingerprint density at radius 3 is 2.68 bits per heavy atom. The van der Waals surface area contributed by atoms with Crippen LogP contribution in [0, 0.1) is 0 Å². The third kappa shape index (κ3) is 4.87. The molecule has 0 saturated carbocycles. The summed E-state index contributed by atoms with van der Waals surface area (Å²) in [4.78, 5) is 11.7. The summed E-state index contributed by atoms with van der Waals surface area (Å²) >= 11 is 1.44. The second-order valence-electron chi connectivity index (χ2n) is 4.60. The van der Waals surface area contributed by atoms with E-state index in [1.165, 1.54) is 11.8 Å². The summed E-state index contributed by atoms with van der Waals surface area (Å²) < 4.78 is 22.6. The van der Waals surface area contributed by atoms with E-state index in [9.17, 15) is 13.2 Å². The smallest absolute Gasteiger partial charge is 0.230 e. The van der Waals surface area contributed by atoms with Gasteiger partial charge in [-0.2, -0.15) is 0 Å². The van der Waals surface area contributed by atoms with Crippen molar-refractivity contribution in [2.24, 2.45) is 0 Å². The maximum absolute atomic E-state index is 11.7. The molecule has 1 amide bonds. The number of rotatable bonds is 5. The number of nitrogens with one attached hydrogen (secondary N) is 1. The van der Waals surface area contributed by atoms with Gasteiger partial charge >= 0.3 is 0 Å². The highest BCUT2D eigenvalue weighted by Gasteiger charge is 2.28. The molecule has 1 heterocycles. The summed E-state index contributed by atoms with van der Waals surface area (Å²) in [7, 11) is -2.85. The van der Waals surface area contributed by atoms with Crippen LogP contribution in [0.5, 0.6) is 0 Å². The highest BCUT2D eigenvalue weighted by Crippen LogP contribution is 2.23. The molecule has 1 atom stereocenters. The predicted octanol–water partition coefficient (Wildman–Crippen LogP) is 1.22. The van der Waals surface area contributed by atoms with Crippen molar-refractivity contribution in [2.75, 3.05) is 17.3 Å². The summed E-state index contributed by atoms with van der Waals surface area (Å²) in [5.74, 6) is 0.755. The molecule has 104 valence electrons. The predicted molar refractivity (Wildman–Crippen MR) is 77.8 cm³/mol. The van der Waals surface area contributed by atoms with E-state index in [1.807, 2.05) is 30.3 Å². The normalized spacial score (nSPS) is 21.2. The Labute approximate surface area is 117 Å². The van der Waals surface area contributed by atoms with Crippen molar-refractivity contribution in [2.45, 2.75) is 18.2 Å². The highest BCUT2D eigenvalue weighted by atomic mass is 32.2. The van der Waals surface area contributed by atoms with E-state index >= 15 is 0 Å². The molecule has 0 aromatic heterocycles. The van der Waals surface area contributed by atoms with Gasteiger partial charge in [-0.15, -0.1) is 11.8 Å². The fourth-order valence-corrected chi connectivity index (χ4v) is 5.41. The Morgan fingerprint density at radius 2 is 2.05 bits per heavy atom. The van der Waals surface area contributed by atoms with Gasteiger partial charge in [0.05, 0.1) is 17.3 Å². The molecule has 1 aromatic rings. The van der Waals surface area contributed by atoms with Crippen LogP contribution in [0.1, 0.15) is 12.0 Å². The molecule has 0 aliphatic carbocycles. The Hall–Kier alpha value is -1.01. The van der Waals surface area contributed by atoms with Gasteiger partial charge in [0, 0.05) is 11.8 Å². The Bertz CT molecular complexity index is 528. The molecule has 2 rings (SSSR count). The topological polar surface area (TPSA) is 63.2 Å². The number of hydrogen-bond donors (Lipinski definition) is 1. The van der Waals surface area contributed by atoms with Gasteiger partial charge in [0.2, 0.25) is 5.91 Å². The number of thioether (sulfide) groups is 1. The summed E-state index contributed by atoms with van der Waals surface area (Å²) in [6.07, 6.45) is 0.666. The third-order valence-corrected chi connectivity index (χ3v) is 6.25. The first-order chi connectivity index (χ1) is 9.05. The molecule has 0 radical (unpaired) electrons. The van der Waals surface area contributed by atoms with Gasteiger partial charge in [-0.1, -0.05) is 30.3 Å². The van der Waals surface area contributed by atoms with Crippen LogP contribution in [0.3, 0.4) is 0 Å². The number of sulfone groups is 1. The third-order valence-electron chi connectivity index (χ3n) is 2.97. The van der Waals surface area contributed by atoms with Crippen LogP contribution in [0.25, 0.3) is 0 Å². The van der Waals surface area contributed by atoms with Crippen LogP contribution in [0.4, 0.5) is 0 Å². The summed E-state index contributed by atoms with van der Waals surface area (Å²) in [5, 5.41) is 2.91. The van der Waals surface area contributed by atoms with E-state index < -0.39 is 9.84 Å². The lowest BCUT2D eigenvalue weighted by Crippen LogP contribution is -2.25. The molecule has 1 aliphatic rings. The van der Waals surface area contributed by atoms with Crippen LogP contribution < -0.4 is 5.32 Å². The van der Waals surface area contributed by atoms with Crippen molar-refractivity contribution in [3.05, 3.63) is 35.9 Å². The number of carbonyl (C=O) groups excluding carboxylic acids is 1. The van der Waals surface area contributed by atoms with Crippen molar-refractivity contribution < 1.29 is 13.2 Å². The zero-order valence-electron chi connectivity index (χ0n) is 10.5. The van der Waals surface area contributed by atoms with Crippen molar-refractivity contribution in [3.8, 4) is 0 Å². The van der Waals surface area contributed by atoms with E-state index in [1.54, 1.807) is 0 Å². The van der Waals surface area contributed by atoms with E-state index in [0.29, 0.717) is 18.7 Å². The van der Waals surface area contributed by atoms with E-state index in [2.05, 4.69) is 5.32 Å². The average Bonchev–Trinajstić information content (AvgIpc) is 2.75. The van der Waals surface area contributed by atoms with Crippen molar-refractivity contribution in [1.82, 2.24) is 5.32 Å². The molecule has 0 bridgehead atoms. The molecule has 1 fully saturated rings. The van der Waals surface area contributed by atoms with Gasteiger partial charge < -0.3 is 5.32 Å². The molecule has 1 aliphatic heterocycles. The number of carbonyl (C=O) groups is 1. The quantitative estimate of drug-likeness (QED) is 0.888. The minimum absolute atomic E-state index is 0.0434. The van der Waals surface area contributed by atoms with Gasteiger partial charge in [-0.3, -0.25) is 4.79 Å². The molecule has 0 unspecified atom stereocenters. The summed E-state index contributed by atoms with van der Waals surface area (Å²) in [6, 6.07) is 9.70. The fraction of sp³-hybridized carbons (Fsp3) is 0.462. The van der Waals surface area contributed by atoms with Crippen LogP contribution in [0.2, 0.25) is 0 Å². The Balaban J connectivity index is 1.68. The second kappa shape index (κ2) is 6.43. The molecule has 1 aromatic carbocycles. The maximum atomic E-state index is 11.7. The van der Waals surface area contributed by atoms with Gasteiger partial charge in [-0.05, 0) is 12.0 Å². The lowest BCUT2D eigenvalue weighted by atomic mass is 10.2. The molecule has 6 heteroatoms. The average molecular weight is 299 g/mol. The molecular formula is C13H17NO3S2. The molecule has 4 nitrogen and oxygen atoms in total. The lowest BCUT2D eigenvalue weighted by molar-refractivity contribution is -0.118. The zero-order chi connectivity index (χ0) is 13.7. The van der Waals surface area contributed by atoms with Crippen molar-refractivity contribution in [1.29, 1.82) is 0 Å². The zero-order valence-corrected chi connectivity index (χ0v) is 12.2. The second-order valence-corrected chi connectivity index (χ2v) is 8.12. The first kappa shape index (κ1) is 14.4. The van der Waals surface area contributed by atoms with Gasteiger partial charge in [0.1, 0.15) is 0 Å². The number of benzene rings is 1. The van der Waals surface area contributed by atoms with Gasteiger partial charge in [-0.25, -0.2) is 8.42 Å². The van der Waals surface area contributed by atoms with E-state index in [4.69, 9.17) is 0 Å². The van der Waals surface area contributed by atoms with E-state index in [-0.39, 0.29) is 22.7 Å². The molecular weight excluding hydrogens is 282 g/mol. The fourth-order valence-electron chi connectivity index (χ4n) is 1.93. The monoisotopic (exact) mass is 299 g/mol. The minimum atomic E-state index is -2.85. The highest BCUT2D eigenvalue weighted by molar-refractivity contribution is 8.02. The van der Waals surface area contributed by atoms with Crippen LogP contribution in [-0.4, -0.2) is 36.8 Å². The molecule has 1 saturated heterocycles. The molecule has 1 N–H and O–H groups in total. The molecule has 19 heavy (non-hydrogen) atoms. The van der Waals surface area contributed by atoms with Gasteiger partial charge in [0.25, 0.3) is 0 Å². The van der Waals surface area contributed by atoms with Crippen LogP contribution in [0.15, 0.2) is 30.3 Å². The Morgan fingerprint density at radius 1 is 1.32 bits per heavy atom. The standard InChI is InChI=1S/C13H17NO3S2/c15-13(14-8-11-4-2-1-3-5-11)9-18-12-6-7-19(16,17)10-12/h1-5,12H,6-10H2,(H,14,15)/t12-/m0/s1. The van der Waals surface area contributed by atoms with E-state index in [0.717, 1.165) is 5.56 Å². The Kier molecular flexibility index (Phi) is 4.87. The maximum Gasteiger partial charge on any atom is 0.230 e.